The van der Waals surface area contributed by atoms with Crippen molar-refractivity contribution in [2.24, 2.45) is 0 Å². The molecule has 0 fully saturated rings. The van der Waals surface area contributed by atoms with Gasteiger partial charge in [0, 0.05) is 17.7 Å². The monoisotopic (exact) mass is 325 g/mol. The number of ether oxygens (including phenoxy) is 2. The highest BCUT2D eigenvalue weighted by molar-refractivity contribution is 5.94. The van der Waals surface area contributed by atoms with Gasteiger partial charge in [0.2, 0.25) is 0 Å². The molecule has 0 saturated carbocycles. The average molecular weight is 325 g/mol. The molecule has 23 heavy (non-hydrogen) atoms. The molecular weight excluding hydrogens is 311 g/mol. The minimum atomic E-state index is -2.96. The van der Waals surface area contributed by atoms with Crippen LogP contribution in [0.1, 0.15) is 15.9 Å². The molecule has 1 amide bonds. The number of halogens is 3. The van der Waals surface area contributed by atoms with Crippen molar-refractivity contribution >= 4 is 5.91 Å². The molecule has 0 aromatic heterocycles. The standard InChI is InChI=1S/C16H14F3NO3/c1-22-14-7-6-10(8-12(14)17)15(21)20-9-11-4-2-3-5-13(11)23-16(18)19/h2-8,16H,9H2,1H3,(H,20,21). The van der Waals surface area contributed by atoms with Gasteiger partial charge >= 0.3 is 6.61 Å². The van der Waals surface area contributed by atoms with E-state index < -0.39 is 18.3 Å². The van der Waals surface area contributed by atoms with Gasteiger partial charge in [0.05, 0.1) is 7.11 Å². The van der Waals surface area contributed by atoms with E-state index in [0.717, 1.165) is 6.07 Å². The van der Waals surface area contributed by atoms with Gasteiger partial charge in [-0.2, -0.15) is 8.78 Å². The molecule has 0 radical (unpaired) electrons. The number of carbonyl (C=O) groups excluding carboxylic acids is 1. The van der Waals surface area contributed by atoms with E-state index >= 15 is 0 Å². The Morgan fingerprint density at radius 1 is 1.17 bits per heavy atom. The molecule has 0 atom stereocenters. The third-order valence-electron chi connectivity index (χ3n) is 3.04. The first-order valence-electron chi connectivity index (χ1n) is 6.65. The van der Waals surface area contributed by atoms with Gasteiger partial charge in [-0.15, -0.1) is 0 Å². The number of alkyl halides is 2. The van der Waals surface area contributed by atoms with Crippen LogP contribution in [-0.2, 0) is 6.54 Å². The first-order valence-corrected chi connectivity index (χ1v) is 6.65. The maximum Gasteiger partial charge on any atom is 0.387 e. The lowest BCUT2D eigenvalue weighted by molar-refractivity contribution is -0.0504. The summed E-state index contributed by atoms with van der Waals surface area (Å²) < 4.78 is 47.3. The van der Waals surface area contributed by atoms with E-state index in [9.17, 15) is 18.0 Å². The van der Waals surface area contributed by atoms with Crippen molar-refractivity contribution in [3.63, 3.8) is 0 Å². The SMILES string of the molecule is COc1ccc(C(=O)NCc2ccccc2OC(F)F)cc1F. The highest BCUT2D eigenvalue weighted by Crippen LogP contribution is 2.21. The van der Waals surface area contributed by atoms with Crippen molar-refractivity contribution in [3.8, 4) is 11.5 Å². The molecule has 0 aliphatic rings. The zero-order valence-electron chi connectivity index (χ0n) is 12.2. The fourth-order valence-electron chi connectivity index (χ4n) is 1.95. The van der Waals surface area contributed by atoms with E-state index in [1.807, 2.05) is 0 Å². The van der Waals surface area contributed by atoms with Crippen molar-refractivity contribution in [1.29, 1.82) is 0 Å². The second-order valence-electron chi connectivity index (χ2n) is 4.52. The van der Waals surface area contributed by atoms with E-state index in [0.29, 0.717) is 5.56 Å². The minimum absolute atomic E-state index is 0.0243. The van der Waals surface area contributed by atoms with Crippen LogP contribution in [0.2, 0.25) is 0 Å². The number of nitrogens with one attached hydrogen (secondary N) is 1. The van der Waals surface area contributed by atoms with Crippen molar-refractivity contribution in [2.75, 3.05) is 7.11 Å². The van der Waals surface area contributed by atoms with Crippen molar-refractivity contribution in [1.82, 2.24) is 5.32 Å². The summed E-state index contributed by atoms with van der Waals surface area (Å²) in [7, 11) is 1.32. The molecule has 1 N–H and O–H groups in total. The van der Waals surface area contributed by atoms with Crippen molar-refractivity contribution < 1.29 is 27.4 Å². The van der Waals surface area contributed by atoms with Crippen LogP contribution in [0.25, 0.3) is 0 Å². The Kier molecular flexibility index (Phi) is 5.46. The lowest BCUT2D eigenvalue weighted by atomic mass is 10.1. The summed E-state index contributed by atoms with van der Waals surface area (Å²) in [5.74, 6) is -1.21. The van der Waals surface area contributed by atoms with E-state index in [2.05, 4.69) is 10.1 Å². The zero-order valence-corrected chi connectivity index (χ0v) is 12.2. The van der Waals surface area contributed by atoms with Gasteiger partial charge in [0.1, 0.15) is 5.75 Å². The Morgan fingerprint density at radius 2 is 1.91 bits per heavy atom. The maximum atomic E-state index is 13.6. The second kappa shape index (κ2) is 7.53. The Hall–Kier alpha value is -2.70. The van der Waals surface area contributed by atoms with Gasteiger partial charge < -0.3 is 14.8 Å². The van der Waals surface area contributed by atoms with Crippen LogP contribution in [-0.4, -0.2) is 19.6 Å². The van der Waals surface area contributed by atoms with Crippen LogP contribution in [0.3, 0.4) is 0 Å². The topological polar surface area (TPSA) is 47.6 Å². The second-order valence-corrected chi connectivity index (χ2v) is 4.52. The molecule has 0 saturated heterocycles. The smallest absolute Gasteiger partial charge is 0.387 e. The normalized spacial score (nSPS) is 10.5. The van der Waals surface area contributed by atoms with Crippen LogP contribution in [0.5, 0.6) is 11.5 Å². The Morgan fingerprint density at radius 3 is 2.57 bits per heavy atom. The van der Waals surface area contributed by atoms with Crippen LogP contribution in [0.4, 0.5) is 13.2 Å². The summed E-state index contributed by atoms with van der Waals surface area (Å²) in [4.78, 5) is 12.0. The number of rotatable bonds is 6. The van der Waals surface area contributed by atoms with Crippen LogP contribution < -0.4 is 14.8 Å². The lowest BCUT2D eigenvalue weighted by Gasteiger charge is -2.11. The third-order valence-corrected chi connectivity index (χ3v) is 3.04. The Balaban J connectivity index is 2.06. The van der Waals surface area contributed by atoms with Gasteiger partial charge in [0.25, 0.3) is 5.91 Å². The van der Waals surface area contributed by atoms with E-state index in [-0.39, 0.29) is 23.6 Å². The molecule has 122 valence electrons. The molecule has 4 nitrogen and oxygen atoms in total. The number of para-hydroxylation sites is 1. The number of hydrogen-bond acceptors (Lipinski definition) is 3. The molecule has 0 aliphatic carbocycles. The number of carbonyl (C=O) groups is 1. The lowest BCUT2D eigenvalue weighted by Crippen LogP contribution is -2.23. The van der Waals surface area contributed by atoms with E-state index in [1.165, 1.54) is 25.3 Å². The van der Waals surface area contributed by atoms with Crippen LogP contribution in [0, 0.1) is 5.82 Å². The highest BCUT2D eigenvalue weighted by Gasteiger charge is 2.12. The first-order chi connectivity index (χ1) is 11.0. The average Bonchev–Trinajstić information content (AvgIpc) is 2.53. The fraction of sp³-hybridized carbons (Fsp3) is 0.188. The van der Waals surface area contributed by atoms with Crippen LogP contribution in [0.15, 0.2) is 42.5 Å². The van der Waals surface area contributed by atoms with Crippen molar-refractivity contribution in [3.05, 3.63) is 59.4 Å². The van der Waals surface area contributed by atoms with Gasteiger partial charge in [-0.05, 0) is 24.3 Å². The number of amides is 1. The van der Waals surface area contributed by atoms with E-state index in [1.54, 1.807) is 18.2 Å². The number of benzene rings is 2. The fourth-order valence-corrected chi connectivity index (χ4v) is 1.95. The maximum absolute atomic E-state index is 13.6. The molecule has 7 heteroatoms. The quantitative estimate of drug-likeness (QED) is 0.886. The molecule has 0 bridgehead atoms. The molecule has 0 unspecified atom stereocenters. The van der Waals surface area contributed by atoms with Gasteiger partial charge in [-0.3, -0.25) is 4.79 Å². The Bertz CT molecular complexity index is 692. The van der Waals surface area contributed by atoms with Gasteiger partial charge in [-0.25, -0.2) is 4.39 Å². The third kappa shape index (κ3) is 4.38. The van der Waals surface area contributed by atoms with Crippen molar-refractivity contribution in [2.45, 2.75) is 13.2 Å². The van der Waals surface area contributed by atoms with Gasteiger partial charge in [0.15, 0.2) is 11.6 Å². The summed E-state index contributed by atoms with van der Waals surface area (Å²) in [5.41, 5.74) is 0.477. The first kappa shape index (κ1) is 16.7. The molecule has 2 aromatic rings. The van der Waals surface area contributed by atoms with E-state index in [4.69, 9.17) is 4.74 Å². The predicted molar refractivity (Wildman–Crippen MR) is 77.2 cm³/mol. The Labute approximate surface area is 130 Å². The molecule has 2 rings (SSSR count). The number of hydrogen-bond donors (Lipinski definition) is 1. The summed E-state index contributed by atoms with van der Waals surface area (Å²) in [5, 5.41) is 2.52. The number of methoxy groups -OCH3 is 1. The summed E-state index contributed by atoms with van der Waals surface area (Å²) >= 11 is 0. The summed E-state index contributed by atoms with van der Waals surface area (Å²) in [6, 6.07) is 9.87. The minimum Gasteiger partial charge on any atom is -0.494 e. The highest BCUT2D eigenvalue weighted by atomic mass is 19.3. The largest absolute Gasteiger partial charge is 0.494 e. The molecule has 0 aliphatic heterocycles. The zero-order chi connectivity index (χ0) is 16.8. The molecular formula is C16H14F3NO3. The predicted octanol–water partition coefficient (Wildman–Crippen LogP) is 3.37. The molecule has 0 spiro atoms. The summed E-state index contributed by atoms with van der Waals surface area (Å²) in [6.07, 6.45) is 0. The van der Waals surface area contributed by atoms with Gasteiger partial charge in [-0.1, -0.05) is 18.2 Å². The molecule has 0 heterocycles. The summed E-state index contributed by atoms with van der Waals surface area (Å²) in [6.45, 7) is -2.99. The van der Waals surface area contributed by atoms with Crippen LogP contribution >= 0.6 is 0 Å². The molecule has 2 aromatic carbocycles.